The normalized spacial score (nSPS) is 23.2. The van der Waals surface area contributed by atoms with E-state index in [2.05, 4.69) is 36.4 Å². The van der Waals surface area contributed by atoms with Gasteiger partial charge in [0, 0.05) is 31.0 Å². The van der Waals surface area contributed by atoms with Crippen molar-refractivity contribution in [3.05, 3.63) is 65.2 Å². The first-order valence-corrected chi connectivity index (χ1v) is 13.9. The second-order valence-corrected chi connectivity index (χ2v) is 12.0. The second kappa shape index (κ2) is 10.1. The minimum Gasteiger partial charge on any atom is -0.493 e. The first-order valence-electron chi connectivity index (χ1n) is 11.9. The third kappa shape index (κ3) is 3.88. The predicted octanol–water partition coefficient (Wildman–Crippen LogP) is 5.25. The zero-order valence-corrected chi connectivity index (χ0v) is 22.0. The van der Waals surface area contributed by atoms with E-state index in [1.165, 1.54) is 16.3 Å². The lowest BCUT2D eigenvalue weighted by Gasteiger charge is -2.45. The molecule has 3 atom stereocenters. The van der Waals surface area contributed by atoms with Gasteiger partial charge in [0.1, 0.15) is 0 Å². The number of benzene rings is 3. The van der Waals surface area contributed by atoms with Crippen LogP contribution in [-0.2, 0) is 4.08 Å². The van der Waals surface area contributed by atoms with Crippen LogP contribution in [0.1, 0.15) is 29.0 Å². The number of aliphatic hydroxyl groups is 2. The zero-order valence-electron chi connectivity index (χ0n) is 20.3. The fourth-order valence-electron chi connectivity index (χ4n) is 5.98. The molecule has 3 aromatic carbocycles. The predicted molar refractivity (Wildman–Crippen MR) is 144 cm³/mol. The van der Waals surface area contributed by atoms with Gasteiger partial charge in [-0.25, -0.2) is 0 Å². The van der Waals surface area contributed by atoms with Crippen molar-refractivity contribution in [1.82, 2.24) is 0 Å². The third-order valence-electron chi connectivity index (χ3n) is 7.46. The van der Waals surface area contributed by atoms with E-state index < -0.39 is 0 Å². The SMILES string of the molecule is COc1cc([C@@H]2c3cccc4cccc(c34)C3(SCCCS3)[C@H](CO)[C@@H]2CO)cc(OC)c1OC. The quantitative estimate of drug-likeness (QED) is 0.467. The smallest absolute Gasteiger partial charge is 0.203 e. The Morgan fingerprint density at radius 2 is 1.54 bits per heavy atom. The number of rotatable bonds is 6. The van der Waals surface area contributed by atoms with Gasteiger partial charge in [0.15, 0.2) is 11.5 Å². The second-order valence-electron chi connectivity index (χ2n) is 9.04. The van der Waals surface area contributed by atoms with Crippen LogP contribution < -0.4 is 14.2 Å². The summed E-state index contributed by atoms with van der Waals surface area (Å²) in [4.78, 5) is 0. The summed E-state index contributed by atoms with van der Waals surface area (Å²) in [6.07, 6.45) is 1.15. The van der Waals surface area contributed by atoms with Gasteiger partial charge in [-0.1, -0.05) is 36.4 Å². The van der Waals surface area contributed by atoms with E-state index in [1.54, 1.807) is 21.3 Å². The van der Waals surface area contributed by atoms with Gasteiger partial charge in [0.05, 0.1) is 25.4 Å². The van der Waals surface area contributed by atoms with Crippen molar-refractivity contribution < 1.29 is 24.4 Å². The average Bonchev–Trinajstić information content (AvgIpc) is 3.00. The molecule has 0 unspecified atom stereocenters. The molecule has 1 aliphatic carbocycles. The number of aliphatic hydroxyl groups excluding tert-OH is 2. The molecule has 2 N–H and O–H groups in total. The number of methoxy groups -OCH3 is 3. The molecule has 5 rings (SSSR count). The van der Waals surface area contributed by atoms with Gasteiger partial charge in [-0.05, 0) is 57.5 Å². The lowest BCUT2D eigenvalue weighted by atomic mass is 9.74. The van der Waals surface area contributed by atoms with Gasteiger partial charge in [0.2, 0.25) is 5.75 Å². The van der Waals surface area contributed by atoms with Crippen LogP contribution in [0.5, 0.6) is 17.2 Å². The van der Waals surface area contributed by atoms with Crippen LogP contribution in [0.2, 0.25) is 0 Å². The number of hydrogen-bond acceptors (Lipinski definition) is 7. The topological polar surface area (TPSA) is 68.2 Å². The summed E-state index contributed by atoms with van der Waals surface area (Å²) < 4.78 is 16.6. The minimum atomic E-state index is -0.328. The van der Waals surface area contributed by atoms with Crippen LogP contribution in [-0.4, -0.2) is 56.3 Å². The summed E-state index contributed by atoms with van der Waals surface area (Å²) >= 11 is 3.86. The number of hydrogen-bond donors (Lipinski definition) is 2. The molecule has 35 heavy (non-hydrogen) atoms. The largest absolute Gasteiger partial charge is 0.493 e. The molecule has 7 heteroatoms. The molecule has 2 aliphatic rings. The molecule has 0 bridgehead atoms. The summed E-state index contributed by atoms with van der Waals surface area (Å²) in [5.41, 5.74) is 3.39. The van der Waals surface area contributed by atoms with E-state index in [1.807, 2.05) is 35.7 Å². The highest BCUT2D eigenvalue weighted by molar-refractivity contribution is 8.18. The molecular weight excluding hydrogens is 480 g/mol. The molecule has 1 saturated heterocycles. The Hall–Kier alpha value is -2.06. The molecule has 1 spiro atoms. The van der Waals surface area contributed by atoms with Crippen molar-refractivity contribution in [2.75, 3.05) is 46.0 Å². The van der Waals surface area contributed by atoms with Crippen LogP contribution in [0.25, 0.3) is 10.8 Å². The van der Waals surface area contributed by atoms with Crippen molar-refractivity contribution in [3.8, 4) is 17.2 Å². The monoisotopic (exact) mass is 512 g/mol. The Bertz CT molecular complexity index is 1180. The van der Waals surface area contributed by atoms with E-state index in [-0.39, 0.29) is 35.0 Å². The molecule has 0 amide bonds. The van der Waals surface area contributed by atoms with Gasteiger partial charge in [0.25, 0.3) is 0 Å². The fourth-order valence-corrected chi connectivity index (χ4v) is 9.76. The summed E-state index contributed by atoms with van der Waals surface area (Å²) in [5.74, 6) is 3.26. The molecule has 0 saturated carbocycles. The minimum absolute atomic E-state index is 0.00345. The molecular formula is C28H32O5S2. The summed E-state index contributed by atoms with van der Waals surface area (Å²) in [5, 5.41) is 24.3. The highest BCUT2D eigenvalue weighted by atomic mass is 32.2. The van der Waals surface area contributed by atoms with Crippen molar-refractivity contribution in [1.29, 1.82) is 0 Å². The summed E-state index contributed by atoms with van der Waals surface area (Å²) in [6.45, 7) is -0.0453. The van der Waals surface area contributed by atoms with Crippen molar-refractivity contribution >= 4 is 34.3 Å². The fraction of sp³-hybridized carbons (Fsp3) is 0.429. The molecule has 3 aromatic rings. The Balaban J connectivity index is 1.84. The van der Waals surface area contributed by atoms with E-state index >= 15 is 0 Å². The highest BCUT2D eigenvalue weighted by Gasteiger charge is 2.51. The Labute approximate surface area is 215 Å². The molecule has 186 valence electrons. The van der Waals surface area contributed by atoms with Crippen molar-refractivity contribution in [2.24, 2.45) is 11.8 Å². The van der Waals surface area contributed by atoms with Crippen LogP contribution in [0.15, 0.2) is 48.5 Å². The highest BCUT2D eigenvalue weighted by Crippen LogP contribution is 2.63. The molecule has 5 nitrogen and oxygen atoms in total. The van der Waals surface area contributed by atoms with Crippen LogP contribution in [0, 0.1) is 11.8 Å². The summed E-state index contributed by atoms with van der Waals surface area (Å²) in [7, 11) is 4.84. The summed E-state index contributed by atoms with van der Waals surface area (Å²) in [6, 6.07) is 16.9. The molecule has 1 aliphatic heterocycles. The van der Waals surface area contributed by atoms with Crippen molar-refractivity contribution in [2.45, 2.75) is 16.4 Å². The number of fused-ring (bicyclic) bond motifs is 1. The standard InChI is InChI=1S/C28H32O5S2/c1-31-23-13-18(14-24(32-2)27(23)33-3)25-19-9-4-7-17-8-5-10-21(26(17)19)28(34-11-6-12-35-28)22(16-30)20(25)15-29/h4-5,7-10,13-14,20,22,25,29-30H,6,11-12,15-16H2,1-3H3/t20-,22+,25+/m0/s1. The zero-order chi connectivity index (χ0) is 24.6. The van der Waals surface area contributed by atoms with Crippen LogP contribution in [0.3, 0.4) is 0 Å². The maximum atomic E-state index is 10.9. The first kappa shape index (κ1) is 24.6. The van der Waals surface area contributed by atoms with E-state index in [9.17, 15) is 10.2 Å². The van der Waals surface area contributed by atoms with Gasteiger partial charge < -0.3 is 24.4 Å². The number of thioether (sulfide) groups is 2. The molecule has 1 fully saturated rings. The molecule has 0 radical (unpaired) electrons. The Morgan fingerprint density at radius 3 is 2.11 bits per heavy atom. The van der Waals surface area contributed by atoms with E-state index in [0.717, 1.165) is 29.1 Å². The molecule has 1 heterocycles. The maximum Gasteiger partial charge on any atom is 0.203 e. The third-order valence-corrected chi connectivity index (χ3v) is 11.1. The van der Waals surface area contributed by atoms with Gasteiger partial charge >= 0.3 is 0 Å². The average molecular weight is 513 g/mol. The van der Waals surface area contributed by atoms with E-state index in [0.29, 0.717) is 17.2 Å². The Kier molecular flexibility index (Phi) is 7.13. The van der Waals surface area contributed by atoms with Crippen LogP contribution >= 0.6 is 23.5 Å². The number of ether oxygens (including phenoxy) is 3. The van der Waals surface area contributed by atoms with E-state index in [4.69, 9.17) is 14.2 Å². The maximum absolute atomic E-state index is 10.9. The van der Waals surface area contributed by atoms with Gasteiger partial charge in [-0.3, -0.25) is 0 Å². The Morgan fingerprint density at radius 1 is 0.886 bits per heavy atom. The van der Waals surface area contributed by atoms with Crippen molar-refractivity contribution in [3.63, 3.8) is 0 Å². The lowest BCUT2D eigenvalue weighted by Crippen LogP contribution is -2.41. The van der Waals surface area contributed by atoms with Crippen LogP contribution in [0.4, 0.5) is 0 Å². The first-order chi connectivity index (χ1) is 17.1. The van der Waals surface area contributed by atoms with Gasteiger partial charge in [-0.15, -0.1) is 23.5 Å². The molecule has 0 aromatic heterocycles. The van der Waals surface area contributed by atoms with Gasteiger partial charge in [-0.2, -0.15) is 0 Å². The lowest BCUT2D eigenvalue weighted by molar-refractivity contribution is 0.103.